The first-order valence-electron chi connectivity index (χ1n) is 4.34. The molecule has 16 heavy (non-hydrogen) atoms. The fourth-order valence-electron chi connectivity index (χ4n) is 1.53. The molecule has 0 atom stereocenters. The lowest BCUT2D eigenvalue weighted by Gasteiger charge is -2.03. The van der Waals surface area contributed by atoms with Crippen molar-refractivity contribution in [1.82, 2.24) is 8.77 Å². The summed E-state index contributed by atoms with van der Waals surface area (Å²) in [7, 11) is 2.94. The summed E-state index contributed by atoms with van der Waals surface area (Å²) in [6.45, 7) is 0. The van der Waals surface area contributed by atoms with E-state index < -0.39 is 0 Å². The molecule has 2 rings (SSSR count). The molecular weight excluding hydrogens is 255 g/mol. The van der Waals surface area contributed by atoms with E-state index in [1.165, 1.54) is 31.0 Å². The number of aromatic nitrogens is 2. The van der Waals surface area contributed by atoms with Crippen molar-refractivity contribution < 1.29 is 8.62 Å². The summed E-state index contributed by atoms with van der Waals surface area (Å²) in [6, 6.07) is 3.01. The Morgan fingerprint density at radius 3 is 2.75 bits per heavy atom. The summed E-state index contributed by atoms with van der Waals surface area (Å²) in [5.74, 6) is 0.396. The van der Waals surface area contributed by atoms with Gasteiger partial charge in [0.2, 0.25) is 0 Å². The van der Waals surface area contributed by atoms with Crippen molar-refractivity contribution in [3.8, 4) is 5.75 Å². The highest BCUT2D eigenvalue weighted by atomic mass is 35.5. The highest BCUT2D eigenvalue weighted by Gasteiger charge is 2.14. The molecule has 1 aromatic carbocycles. The van der Waals surface area contributed by atoms with E-state index in [1.54, 1.807) is 0 Å². The average molecular weight is 263 g/mol. The van der Waals surface area contributed by atoms with Crippen molar-refractivity contribution in [3.63, 3.8) is 0 Å². The Balaban J connectivity index is 2.91. The van der Waals surface area contributed by atoms with Crippen LogP contribution in [-0.4, -0.2) is 15.9 Å². The molecule has 0 N–H and O–H groups in total. The normalized spacial score (nSPS) is 11.0. The number of fused-ring (bicyclic) bond motifs is 1. The first-order valence-corrected chi connectivity index (χ1v) is 5.39. The Hall–Kier alpha value is -1.14. The second-order valence-corrected chi connectivity index (χ2v) is 4.07. The topological polar surface area (TPSA) is 36.2 Å². The predicted molar refractivity (Wildman–Crippen MR) is 62.8 cm³/mol. The average Bonchev–Trinajstić information content (AvgIpc) is 2.50. The van der Waals surface area contributed by atoms with Crippen LogP contribution in [0.25, 0.3) is 10.9 Å². The second kappa shape index (κ2) is 4.03. The monoisotopic (exact) mass is 262 g/mol. The molecule has 4 nitrogen and oxygen atoms in total. The van der Waals surface area contributed by atoms with Gasteiger partial charge < -0.3 is 4.74 Å². The number of ether oxygens (including phenoxy) is 1. The molecule has 2 aromatic rings. The maximum absolute atomic E-state index is 12.7. The molecule has 1 aromatic heterocycles. The summed E-state index contributed by atoms with van der Waals surface area (Å²) < 4.78 is 20.0. The van der Waals surface area contributed by atoms with Gasteiger partial charge in [-0.3, -0.25) is 4.79 Å². The zero-order valence-corrected chi connectivity index (χ0v) is 10.1. The minimum Gasteiger partial charge on any atom is -0.495 e. The van der Waals surface area contributed by atoms with Gasteiger partial charge in [-0.15, -0.1) is 3.89 Å². The van der Waals surface area contributed by atoms with E-state index in [0.717, 1.165) is 4.09 Å². The molecule has 0 saturated carbocycles. The number of rotatable bonds is 2. The van der Waals surface area contributed by atoms with Crippen molar-refractivity contribution in [2.24, 2.45) is 7.05 Å². The fourth-order valence-corrected chi connectivity index (χ4v) is 2.16. The Kier molecular flexibility index (Phi) is 2.86. The lowest BCUT2D eigenvalue weighted by atomic mass is 10.2. The number of halogens is 2. The lowest BCUT2D eigenvalue weighted by molar-refractivity contribution is 0.415. The minimum absolute atomic E-state index is 0.0519. The Morgan fingerprint density at radius 2 is 2.19 bits per heavy atom. The standard InChI is InChI=1S/C9H8ClFN2O2S/c1-12-9(14)5-3-8(15-2)6(10)4-7(5)13(12)16-11/h3-4H,1-2H3. The summed E-state index contributed by atoms with van der Waals surface area (Å²) in [5.41, 5.74) is 0.126. The third-order valence-electron chi connectivity index (χ3n) is 2.34. The van der Waals surface area contributed by atoms with Crippen molar-refractivity contribution in [2.45, 2.75) is 0 Å². The molecule has 86 valence electrons. The lowest BCUT2D eigenvalue weighted by Crippen LogP contribution is -2.15. The fraction of sp³-hybridized carbons (Fsp3) is 0.222. The highest BCUT2D eigenvalue weighted by molar-refractivity contribution is 7.92. The first-order chi connectivity index (χ1) is 7.60. The van der Waals surface area contributed by atoms with Crippen LogP contribution in [-0.2, 0) is 7.05 Å². The van der Waals surface area contributed by atoms with Crippen LogP contribution in [0.1, 0.15) is 0 Å². The predicted octanol–water partition coefficient (Wildman–Crippen LogP) is 2.38. The second-order valence-electron chi connectivity index (χ2n) is 3.17. The molecule has 0 spiro atoms. The molecule has 0 bridgehead atoms. The number of nitrogens with zero attached hydrogens (tertiary/aromatic N) is 2. The maximum atomic E-state index is 12.7. The van der Waals surface area contributed by atoms with Crippen LogP contribution in [0, 0.1) is 0 Å². The van der Waals surface area contributed by atoms with Crippen LogP contribution in [0.3, 0.4) is 0 Å². The largest absolute Gasteiger partial charge is 0.495 e. The van der Waals surface area contributed by atoms with E-state index in [4.69, 9.17) is 16.3 Å². The van der Waals surface area contributed by atoms with Gasteiger partial charge in [0, 0.05) is 7.05 Å². The molecule has 0 saturated heterocycles. The van der Waals surface area contributed by atoms with Gasteiger partial charge in [0.1, 0.15) is 5.75 Å². The van der Waals surface area contributed by atoms with Gasteiger partial charge in [-0.2, -0.15) is 4.09 Å². The molecular formula is C9H8ClFN2O2S. The molecule has 0 aliphatic rings. The van der Waals surface area contributed by atoms with Gasteiger partial charge in [-0.25, -0.2) is 4.68 Å². The molecule has 0 radical (unpaired) electrons. The Bertz CT molecular complexity index is 608. The van der Waals surface area contributed by atoms with Crippen molar-refractivity contribution in [1.29, 1.82) is 0 Å². The third-order valence-corrected chi connectivity index (χ3v) is 3.21. The van der Waals surface area contributed by atoms with Crippen LogP contribution in [0.5, 0.6) is 5.75 Å². The zero-order valence-electron chi connectivity index (χ0n) is 8.53. The number of benzene rings is 1. The summed E-state index contributed by atoms with van der Waals surface area (Å²) >= 11 is 5.86. The summed E-state index contributed by atoms with van der Waals surface area (Å²) in [4.78, 5) is 11.8. The number of methoxy groups -OCH3 is 1. The van der Waals surface area contributed by atoms with E-state index in [-0.39, 0.29) is 17.9 Å². The van der Waals surface area contributed by atoms with Crippen LogP contribution in [0.2, 0.25) is 5.02 Å². The van der Waals surface area contributed by atoms with E-state index in [2.05, 4.69) is 0 Å². The van der Waals surface area contributed by atoms with E-state index in [1.807, 2.05) is 0 Å². The summed E-state index contributed by atoms with van der Waals surface area (Å²) in [5, 5.41) is 0.706. The van der Waals surface area contributed by atoms with Crippen LogP contribution in [0.15, 0.2) is 16.9 Å². The van der Waals surface area contributed by atoms with Crippen LogP contribution >= 0.6 is 23.9 Å². The number of hydrogen-bond donors (Lipinski definition) is 0. The summed E-state index contributed by atoms with van der Waals surface area (Å²) in [6.07, 6.45) is 0. The van der Waals surface area contributed by atoms with Crippen molar-refractivity contribution in [2.75, 3.05) is 7.11 Å². The maximum Gasteiger partial charge on any atom is 0.275 e. The molecule has 7 heteroatoms. The van der Waals surface area contributed by atoms with E-state index >= 15 is 0 Å². The quantitative estimate of drug-likeness (QED) is 0.834. The zero-order chi connectivity index (χ0) is 11.9. The molecule has 0 aliphatic carbocycles. The van der Waals surface area contributed by atoms with Gasteiger partial charge in [-0.05, 0) is 12.1 Å². The highest BCUT2D eigenvalue weighted by Crippen LogP contribution is 2.30. The Morgan fingerprint density at radius 1 is 1.50 bits per heavy atom. The molecule has 0 amide bonds. The third kappa shape index (κ3) is 1.49. The number of hydrogen-bond acceptors (Lipinski definition) is 3. The molecule has 0 unspecified atom stereocenters. The van der Waals surface area contributed by atoms with Gasteiger partial charge in [0.25, 0.3) is 5.56 Å². The molecule has 0 fully saturated rings. The smallest absolute Gasteiger partial charge is 0.275 e. The Labute approximate surface area is 100.0 Å². The van der Waals surface area contributed by atoms with E-state index in [0.29, 0.717) is 21.7 Å². The molecule has 0 aliphatic heterocycles. The minimum atomic E-state index is -0.296. The van der Waals surface area contributed by atoms with Crippen molar-refractivity contribution in [3.05, 3.63) is 27.5 Å². The van der Waals surface area contributed by atoms with E-state index in [9.17, 15) is 8.68 Å². The van der Waals surface area contributed by atoms with Crippen LogP contribution in [0.4, 0.5) is 3.89 Å². The van der Waals surface area contributed by atoms with Crippen molar-refractivity contribution >= 4 is 34.8 Å². The molecule has 1 heterocycles. The van der Waals surface area contributed by atoms with Gasteiger partial charge >= 0.3 is 0 Å². The SMILES string of the molecule is COc1cc2c(=O)n(C)n(SF)c2cc1Cl. The van der Waals surface area contributed by atoms with Gasteiger partial charge in [-0.1, -0.05) is 11.6 Å². The van der Waals surface area contributed by atoms with Crippen LogP contribution < -0.4 is 10.3 Å². The van der Waals surface area contributed by atoms with Gasteiger partial charge in [0.05, 0.1) is 23.0 Å². The van der Waals surface area contributed by atoms with Gasteiger partial charge in [0.15, 0.2) is 12.3 Å². The first kappa shape index (κ1) is 11.3.